The van der Waals surface area contributed by atoms with Crippen molar-refractivity contribution in [3.8, 4) is 0 Å². The molecule has 7 nitrogen and oxygen atoms in total. The zero-order valence-corrected chi connectivity index (χ0v) is 13.8. The summed E-state index contributed by atoms with van der Waals surface area (Å²) in [6, 6.07) is 7.17. The predicted octanol–water partition coefficient (Wildman–Crippen LogP) is 1.38. The van der Waals surface area contributed by atoms with Crippen molar-refractivity contribution in [2.45, 2.75) is 6.42 Å². The van der Waals surface area contributed by atoms with Gasteiger partial charge in [0, 0.05) is 36.6 Å². The van der Waals surface area contributed by atoms with Crippen molar-refractivity contribution in [3.63, 3.8) is 0 Å². The fraction of sp³-hybridized carbons (Fsp3) is 0.214. The number of hydrogen-bond donors (Lipinski definition) is 4. The van der Waals surface area contributed by atoms with Gasteiger partial charge in [-0.3, -0.25) is 15.0 Å². The lowest BCUT2D eigenvalue weighted by molar-refractivity contribution is -0.105. The molecule has 5 N–H and O–H groups in total. The van der Waals surface area contributed by atoms with Crippen LogP contribution in [0, 0.1) is 5.41 Å². The van der Waals surface area contributed by atoms with Crippen LogP contribution in [0.1, 0.15) is 16.9 Å². The number of nitrogens with zero attached hydrogens (tertiary/aromatic N) is 1. The minimum atomic E-state index is -0.222. The minimum absolute atomic E-state index is 0. The van der Waals surface area contributed by atoms with E-state index in [1.54, 1.807) is 29.8 Å². The first-order valence-corrected chi connectivity index (χ1v) is 6.43. The van der Waals surface area contributed by atoms with Crippen molar-refractivity contribution in [1.82, 2.24) is 9.88 Å². The Hall–Kier alpha value is -2.35. The molecule has 22 heavy (non-hydrogen) atoms. The second kappa shape index (κ2) is 7.60. The molecule has 1 aromatic heterocycles. The number of carbonyl (C=O) groups excluding carboxylic acids is 2. The number of anilines is 1. The summed E-state index contributed by atoms with van der Waals surface area (Å²) in [6.07, 6.45) is 0.933. The second-order valence-corrected chi connectivity index (χ2v) is 4.66. The fourth-order valence-electron chi connectivity index (χ4n) is 2.13. The summed E-state index contributed by atoms with van der Waals surface area (Å²) in [5, 5.41) is 13.3. The summed E-state index contributed by atoms with van der Waals surface area (Å²) in [5.74, 6) is -0.184. The molecule has 0 aliphatic rings. The molecule has 2 rings (SSSR count). The first-order chi connectivity index (χ1) is 10.0. The summed E-state index contributed by atoms with van der Waals surface area (Å²) in [5.41, 5.74) is 7.32. The molecule has 118 valence electrons. The monoisotopic (exact) mass is 367 g/mol. The van der Waals surface area contributed by atoms with Crippen LogP contribution < -0.4 is 16.4 Å². The highest BCUT2D eigenvalue weighted by molar-refractivity contribution is 8.93. The Morgan fingerprint density at radius 2 is 2.14 bits per heavy atom. The highest BCUT2D eigenvalue weighted by Crippen LogP contribution is 2.22. The average molecular weight is 368 g/mol. The van der Waals surface area contributed by atoms with Crippen LogP contribution in [0.25, 0.3) is 10.9 Å². The first kappa shape index (κ1) is 17.7. The van der Waals surface area contributed by atoms with Gasteiger partial charge in [0.1, 0.15) is 5.69 Å². The molecule has 0 fully saturated rings. The van der Waals surface area contributed by atoms with E-state index in [4.69, 9.17) is 11.1 Å². The molecule has 0 unspecified atom stereocenters. The molecule has 0 bridgehead atoms. The van der Waals surface area contributed by atoms with Crippen molar-refractivity contribution in [2.24, 2.45) is 12.8 Å². The summed E-state index contributed by atoms with van der Waals surface area (Å²) >= 11 is 0. The van der Waals surface area contributed by atoms with Crippen LogP contribution in [0.3, 0.4) is 0 Å². The van der Waals surface area contributed by atoms with Crippen molar-refractivity contribution >= 4 is 51.7 Å². The van der Waals surface area contributed by atoms with Gasteiger partial charge in [0.2, 0.25) is 6.41 Å². The maximum Gasteiger partial charge on any atom is 0.267 e. The molecule has 0 radical (unpaired) electrons. The predicted molar refractivity (Wildman–Crippen MR) is 91.8 cm³/mol. The number of carbonyl (C=O) groups is 2. The number of hydrogen-bond acceptors (Lipinski definition) is 3. The smallest absolute Gasteiger partial charge is 0.267 e. The molecule has 8 heteroatoms. The van der Waals surface area contributed by atoms with Crippen LogP contribution in [0.5, 0.6) is 0 Å². The molecule has 0 aliphatic heterocycles. The van der Waals surface area contributed by atoms with Crippen LogP contribution in [0.2, 0.25) is 0 Å². The second-order valence-electron chi connectivity index (χ2n) is 4.66. The van der Waals surface area contributed by atoms with E-state index in [1.165, 1.54) is 0 Å². The van der Waals surface area contributed by atoms with E-state index in [0.717, 1.165) is 10.9 Å². The SMILES string of the molecule is Br.Cn1c(C(=O)NCCC(=N)N)cc2cc(NC=O)ccc21. The van der Waals surface area contributed by atoms with E-state index in [2.05, 4.69) is 10.6 Å². The number of amides is 2. The van der Waals surface area contributed by atoms with Crippen LogP contribution in [-0.4, -0.2) is 29.3 Å². The van der Waals surface area contributed by atoms with E-state index in [1.807, 2.05) is 6.07 Å². The zero-order valence-electron chi connectivity index (χ0n) is 12.1. The van der Waals surface area contributed by atoms with E-state index in [9.17, 15) is 9.59 Å². The zero-order chi connectivity index (χ0) is 15.4. The van der Waals surface area contributed by atoms with Gasteiger partial charge >= 0.3 is 0 Å². The Labute approximate surface area is 138 Å². The Balaban J connectivity index is 0.00000242. The largest absolute Gasteiger partial charge is 0.388 e. The van der Waals surface area contributed by atoms with E-state index in [0.29, 0.717) is 30.8 Å². The molecule has 0 saturated heterocycles. The Bertz CT molecular complexity index is 711. The topological polar surface area (TPSA) is 113 Å². The van der Waals surface area contributed by atoms with E-state index in [-0.39, 0.29) is 28.7 Å². The van der Waals surface area contributed by atoms with Gasteiger partial charge in [-0.15, -0.1) is 17.0 Å². The van der Waals surface area contributed by atoms with Gasteiger partial charge in [0.05, 0.1) is 5.84 Å². The van der Waals surface area contributed by atoms with Gasteiger partial charge in [-0.1, -0.05) is 0 Å². The van der Waals surface area contributed by atoms with Gasteiger partial charge in [0.25, 0.3) is 5.91 Å². The third-order valence-corrected chi connectivity index (χ3v) is 3.18. The number of amidine groups is 1. The van der Waals surface area contributed by atoms with Crippen molar-refractivity contribution < 1.29 is 9.59 Å². The lowest BCUT2D eigenvalue weighted by atomic mass is 10.2. The normalized spacial score (nSPS) is 9.86. The summed E-state index contributed by atoms with van der Waals surface area (Å²) in [7, 11) is 1.80. The number of nitrogens with two attached hydrogens (primary N) is 1. The van der Waals surface area contributed by atoms with Crippen LogP contribution in [-0.2, 0) is 11.8 Å². The van der Waals surface area contributed by atoms with Gasteiger partial charge < -0.3 is 20.9 Å². The number of fused-ring (bicyclic) bond motifs is 1. The summed E-state index contributed by atoms with van der Waals surface area (Å²) in [4.78, 5) is 22.6. The maximum atomic E-state index is 12.1. The molecular formula is C14H18BrN5O2. The van der Waals surface area contributed by atoms with Crippen LogP contribution in [0.4, 0.5) is 5.69 Å². The van der Waals surface area contributed by atoms with Crippen molar-refractivity contribution in [1.29, 1.82) is 5.41 Å². The molecule has 0 spiro atoms. The molecule has 0 aliphatic carbocycles. The third kappa shape index (κ3) is 3.85. The number of nitrogens with one attached hydrogen (secondary N) is 3. The molecule has 0 atom stereocenters. The molecule has 1 aromatic carbocycles. The number of halogens is 1. The third-order valence-electron chi connectivity index (χ3n) is 3.18. The van der Waals surface area contributed by atoms with E-state index < -0.39 is 0 Å². The van der Waals surface area contributed by atoms with Crippen molar-refractivity contribution in [2.75, 3.05) is 11.9 Å². The average Bonchev–Trinajstić information content (AvgIpc) is 2.76. The minimum Gasteiger partial charge on any atom is -0.388 e. The molecule has 2 aromatic rings. The van der Waals surface area contributed by atoms with Gasteiger partial charge in [-0.2, -0.15) is 0 Å². The van der Waals surface area contributed by atoms with Crippen LogP contribution in [0.15, 0.2) is 24.3 Å². The van der Waals surface area contributed by atoms with Crippen LogP contribution >= 0.6 is 17.0 Å². The standard InChI is InChI=1S/C14H17N5O2.BrH/c1-19-11-3-2-10(18-8-20)6-9(11)7-12(19)14(21)17-5-4-13(15)16;/h2-3,6-8H,4-5H2,1H3,(H3,15,16)(H,17,21)(H,18,20);1H. The quantitative estimate of drug-likeness (QED) is 0.351. The van der Waals surface area contributed by atoms with Gasteiger partial charge in [-0.05, 0) is 24.3 Å². The van der Waals surface area contributed by atoms with Gasteiger partial charge in [-0.25, -0.2) is 0 Å². The molecule has 2 amide bonds. The highest BCUT2D eigenvalue weighted by atomic mass is 79.9. The van der Waals surface area contributed by atoms with Gasteiger partial charge in [0.15, 0.2) is 0 Å². The fourth-order valence-corrected chi connectivity index (χ4v) is 2.13. The lowest BCUT2D eigenvalue weighted by Gasteiger charge is -2.06. The van der Waals surface area contributed by atoms with E-state index >= 15 is 0 Å². The Morgan fingerprint density at radius 3 is 2.77 bits per heavy atom. The molecular weight excluding hydrogens is 350 g/mol. The number of aromatic nitrogens is 1. The maximum absolute atomic E-state index is 12.1. The Morgan fingerprint density at radius 1 is 1.41 bits per heavy atom. The summed E-state index contributed by atoms with van der Waals surface area (Å²) < 4.78 is 1.78. The molecule has 0 saturated carbocycles. The number of rotatable bonds is 6. The number of aryl methyl sites for hydroxylation is 1. The first-order valence-electron chi connectivity index (χ1n) is 6.43. The number of benzene rings is 1. The summed E-state index contributed by atoms with van der Waals surface area (Å²) in [6.45, 7) is 0.327. The Kier molecular flexibility index (Phi) is 6.11. The van der Waals surface area contributed by atoms with Crippen molar-refractivity contribution in [3.05, 3.63) is 30.0 Å². The molecule has 1 heterocycles. The lowest BCUT2D eigenvalue weighted by Crippen LogP contribution is -2.28. The highest BCUT2D eigenvalue weighted by Gasteiger charge is 2.13.